The van der Waals surface area contributed by atoms with Crippen molar-refractivity contribution in [2.45, 2.75) is 18.8 Å². The van der Waals surface area contributed by atoms with Gasteiger partial charge in [-0.05, 0) is 34.7 Å². The van der Waals surface area contributed by atoms with Crippen LogP contribution in [0.1, 0.15) is 40.2 Å². The molecule has 0 saturated carbocycles. The Labute approximate surface area is 199 Å². The van der Waals surface area contributed by atoms with E-state index in [-0.39, 0.29) is 31.9 Å². The van der Waals surface area contributed by atoms with Gasteiger partial charge in [0, 0.05) is 24.9 Å². The van der Waals surface area contributed by atoms with E-state index in [4.69, 9.17) is 9.84 Å². The molecule has 3 N–H and O–H groups in total. The predicted octanol–water partition coefficient (Wildman–Crippen LogP) is 4.92. The molecule has 3 aromatic carbocycles. The number of carboxylic acids is 1. The molecule has 2 amide bonds. The van der Waals surface area contributed by atoms with E-state index < -0.39 is 40.9 Å². The van der Waals surface area contributed by atoms with Gasteiger partial charge >= 0.3 is 12.1 Å². The van der Waals surface area contributed by atoms with Crippen molar-refractivity contribution in [3.05, 3.63) is 89.0 Å². The van der Waals surface area contributed by atoms with Gasteiger partial charge in [-0.2, -0.15) is 0 Å². The molecule has 0 saturated heterocycles. The number of amides is 2. The molecule has 0 aliphatic heterocycles. The summed E-state index contributed by atoms with van der Waals surface area (Å²) in [5.41, 5.74) is 3.25. The van der Waals surface area contributed by atoms with Crippen molar-refractivity contribution in [1.82, 2.24) is 5.32 Å². The van der Waals surface area contributed by atoms with Crippen LogP contribution in [0.25, 0.3) is 11.1 Å². The number of nitrogens with one attached hydrogen (secondary N) is 2. The Morgan fingerprint density at radius 1 is 0.914 bits per heavy atom. The summed E-state index contributed by atoms with van der Waals surface area (Å²) in [5.74, 6) is -4.58. The second kappa shape index (κ2) is 10.3. The molecule has 0 heterocycles. The molecule has 0 radical (unpaired) electrons. The average Bonchev–Trinajstić information content (AvgIpc) is 3.16. The zero-order valence-electron chi connectivity index (χ0n) is 18.5. The van der Waals surface area contributed by atoms with E-state index >= 15 is 0 Å². The largest absolute Gasteiger partial charge is 0.478 e. The molecule has 1 aliphatic carbocycles. The second-order valence-corrected chi connectivity index (χ2v) is 8.02. The van der Waals surface area contributed by atoms with Gasteiger partial charge in [0.05, 0.1) is 11.3 Å². The lowest BCUT2D eigenvalue weighted by Gasteiger charge is -2.14. The van der Waals surface area contributed by atoms with Gasteiger partial charge in [0.1, 0.15) is 18.2 Å². The Bertz CT molecular complexity index is 1250. The number of ether oxygens (including phenoxy) is 1. The number of halogens is 2. The number of hydrogen-bond acceptors (Lipinski definition) is 4. The lowest BCUT2D eigenvalue weighted by atomic mass is 9.98. The van der Waals surface area contributed by atoms with Crippen molar-refractivity contribution >= 4 is 23.7 Å². The van der Waals surface area contributed by atoms with Crippen LogP contribution in [0.5, 0.6) is 0 Å². The average molecular weight is 480 g/mol. The Kier molecular flexibility index (Phi) is 7.05. The summed E-state index contributed by atoms with van der Waals surface area (Å²) in [5, 5.41) is 13.7. The number of carboxylic acid groups (broad SMARTS) is 1. The first-order valence-corrected chi connectivity index (χ1v) is 11.0. The van der Waals surface area contributed by atoms with Gasteiger partial charge < -0.3 is 20.5 Å². The highest BCUT2D eigenvalue weighted by molar-refractivity contribution is 5.94. The fraction of sp³-hybridized carbons (Fsp3) is 0.192. The molecular formula is C26H22F2N2O5. The van der Waals surface area contributed by atoms with Gasteiger partial charge in [0.15, 0.2) is 0 Å². The van der Waals surface area contributed by atoms with E-state index in [0.29, 0.717) is 6.07 Å². The Morgan fingerprint density at radius 2 is 1.54 bits per heavy atom. The van der Waals surface area contributed by atoms with Gasteiger partial charge in [-0.3, -0.25) is 4.79 Å². The first-order chi connectivity index (χ1) is 16.8. The van der Waals surface area contributed by atoms with Gasteiger partial charge in [-0.1, -0.05) is 48.5 Å². The van der Waals surface area contributed by atoms with Gasteiger partial charge in [-0.15, -0.1) is 0 Å². The number of hydrogen-bond donors (Lipinski definition) is 3. The quantitative estimate of drug-likeness (QED) is 0.397. The van der Waals surface area contributed by atoms with E-state index in [0.717, 1.165) is 28.3 Å². The van der Waals surface area contributed by atoms with E-state index in [2.05, 4.69) is 10.6 Å². The van der Waals surface area contributed by atoms with Crippen molar-refractivity contribution in [3.63, 3.8) is 0 Å². The summed E-state index contributed by atoms with van der Waals surface area (Å²) < 4.78 is 32.7. The number of carbonyl (C=O) groups is 3. The summed E-state index contributed by atoms with van der Waals surface area (Å²) in [6.45, 7) is 0.298. The molecule has 1 aliphatic rings. The fourth-order valence-electron chi connectivity index (χ4n) is 4.11. The molecule has 0 fully saturated rings. The lowest BCUT2D eigenvalue weighted by Crippen LogP contribution is -2.27. The van der Waals surface area contributed by atoms with E-state index in [1.807, 2.05) is 48.5 Å². The molecule has 9 heteroatoms. The third kappa shape index (κ3) is 5.29. The molecule has 0 spiro atoms. The van der Waals surface area contributed by atoms with Crippen LogP contribution in [-0.2, 0) is 9.53 Å². The zero-order chi connectivity index (χ0) is 24.9. The van der Waals surface area contributed by atoms with Crippen molar-refractivity contribution in [1.29, 1.82) is 0 Å². The van der Waals surface area contributed by atoms with Crippen LogP contribution in [0.2, 0.25) is 0 Å². The van der Waals surface area contributed by atoms with Gasteiger partial charge in [0.2, 0.25) is 5.91 Å². The number of anilines is 1. The number of carbonyl (C=O) groups excluding carboxylic acids is 2. The van der Waals surface area contributed by atoms with E-state index in [1.54, 1.807) is 0 Å². The SMILES string of the molecule is O=C(CCCNC(=O)OCC1c2ccccc2-c2ccccc21)Nc1cc(C(=O)O)c(F)cc1F. The number of fused-ring (bicyclic) bond motifs is 3. The van der Waals surface area contributed by atoms with Crippen LogP contribution in [-0.4, -0.2) is 36.2 Å². The van der Waals surface area contributed by atoms with Crippen molar-refractivity contribution in [3.8, 4) is 11.1 Å². The minimum atomic E-state index is -1.58. The summed E-state index contributed by atoms with van der Waals surface area (Å²) in [6, 6.07) is 17.1. The van der Waals surface area contributed by atoms with Crippen LogP contribution in [0, 0.1) is 11.6 Å². The Balaban J connectivity index is 1.23. The third-order valence-corrected chi connectivity index (χ3v) is 5.75. The number of benzene rings is 3. The lowest BCUT2D eigenvalue weighted by molar-refractivity contribution is -0.116. The van der Waals surface area contributed by atoms with Crippen molar-refractivity contribution in [2.75, 3.05) is 18.5 Å². The first-order valence-electron chi connectivity index (χ1n) is 11.0. The highest BCUT2D eigenvalue weighted by Gasteiger charge is 2.29. The van der Waals surface area contributed by atoms with Crippen LogP contribution >= 0.6 is 0 Å². The topological polar surface area (TPSA) is 105 Å². The van der Waals surface area contributed by atoms with Gasteiger partial charge in [-0.25, -0.2) is 18.4 Å². The maximum Gasteiger partial charge on any atom is 0.407 e. The molecule has 180 valence electrons. The molecule has 35 heavy (non-hydrogen) atoms. The summed E-state index contributed by atoms with van der Waals surface area (Å²) in [4.78, 5) is 35.2. The van der Waals surface area contributed by atoms with E-state index in [9.17, 15) is 23.2 Å². The summed E-state index contributed by atoms with van der Waals surface area (Å²) in [6.07, 6.45) is -0.476. The minimum absolute atomic E-state index is 0.0692. The molecule has 0 unspecified atom stereocenters. The number of alkyl carbamates (subject to hydrolysis) is 1. The fourth-order valence-corrected chi connectivity index (χ4v) is 4.11. The highest BCUT2D eigenvalue weighted by Crippen LogP contribution is 2.44. The molecule has 4 rings (SSSR count). The second-order valence-electron chi connectivity index (χ2n) is 8.02. The zero-order valence-corrected chi connectivity index (χ0v) is 18.5. The molecule has 7 nitrogen and oxygen atoms in total. The van der Waals surface area contributed by atoms with Crippen LogP contribution in [0.4, 0.5) is 19.3 Å². The normalized spacial score (nSPS) is 11.9. The number of rotatable bonds is 8. The standard InChI is InChI=1S/C26H22F2N2O5/c27-21-13-22(28)23(12-19(21)25(32)33)30-24(31)10-5-11-29-26(34)35-14-20-17-8-3-1-6-15(17)16-7-2-4-9-18(16)20/h1-4,6-9,12-13,20H,5,10-11,14H2,(H,29,34)(H,30,31)(H,32,33). The molecular weight excluding hydrogens is 458 g/mol. The molecule has 0 bridgehead atoms. The maximum atomic E-state index is 13.8. The third-order valence-electron chi connectivity index (χ3n) is 5.75. The monoisotopic (exact) mass is 480 g/mol. The predicted molar refractivity (Wildman–Crippen MR) is 124 cm³/mol. The Hall–Kier alpha value is -4.27. The molecule has 0 aromatic heterocycles. The maximum absolute atomic E-state index is 13.8. The van der Waals surface area contributed by atoms with E-state index in [1.165, 1.54) is 0 Å². The number of aromatic carboxylic acids is 1. The molecule has 3 aromatic rings. The van der Waals surface area contributed by atoms with Crippen LogP contribution in [0.3, 0.4) is 0 Å². The highest BCUT2D eigenvalue weighted by atomic mass is 19.1. The van der Waals surface area contributed by atoms with Gasteiger partial charge in [0.25, 0.3) is 0 Å². The van der Waals surface area contributed by atoms with Crippen LogP contribution < -0.4 is 10.6 Å². The molecule has 0 atom stereocenters. The summed E-state index contributed by atoms with van der Waals surface area (Å²) in [7, 11) is 0. The van der Waals surface area contributed by atoms with Crippen molar-refractivity contribution < 1.29 is 33.0 Å². The minimum Gasteiger partial charge on any atom is -0.478 e. The smallest absolute Gasteiger partial charge is 0.407 e. The van der Waals surface area contributed by atoms with Crippen molar-refractivity contribution in [2.24, 2.45) is 0 Å². The summed E-state index contributed by atoms with van der Waals surface area (Å²) >= 11 is 0. The Morgan fingerprint density at radius 3 is 2.17 bits per heavy atom. The van der Waals surface area contributed by atoms with Crippen LogP contribution in [0.15, 0.2) is 60.7 Å². The first kappa shape index (κ1) is 23.9.